The summed E-state index contributed by atoms with van der Waals surface area (Å²) in [7, 11) is 1.69. The number of aliphatic imine (C=N–C) groups is 1. The Morgan fingerprint density at radius 1 is 1.24 bits per heavy atom. The monoisotopic (exact) mass is 429 g/mol. The minimum Gasteiger partial charge on any atom is -0.326 e. The van der Waals surface area contributed by atoms with Crippen LogP contribution in [0.4, 0.5) is 11.4 Å². The molecule has 1 aliphatic rings. The van der Waals surface area contributed by atoms with Gasteiger partial charge in [0.2, 0.25) is 11.8 Å². The number of carbonyl (C=O) groups is 2. The summed E-state index contributed by atoms with van der Waals surface area (Å²) in [6.07, 6.45) is 0.0845. The molecule has 3 rings (SSSR count). The van der Waals surface area contributed by atoms with Crippen LogP contribution in [-0.2, 0) is 9.59 Å². The van der Waals surface area contributed by atoms with E-state index in [0.29, 0.717) is 21.8 Å². The molecule has 2 aromatic carbocycles. The van der Waals surface area contributed by atoms with Gasteiger partial charge in [0.05, 0.1) is 5.69 Å². The van der Waals surface area contributed by atoms with Gasteiger partial charge in [-0.2, -0.15) is 0 Å². The molecule has 2 amide bonds. The Morgan fingerprint density at radius 3 is 2.55 bits per heavy atom. The average molecular weight is 430 g/mol. The van der Waals surface area contributed by atoms with E-state index in [1.165, 1.54) is 22.2 Å². The predicted octanol–water partition coefficient (Wildman–Crippen LogP) is 5.36. The van der Waals surface area contributed by atoms with Crippen LogP contribution in [0.15, 0.2) is 47.5 Å². The van der Waals surface area contributed by atoms with E-state index in [0.717, 1.165) is 11.3 Å². The van der Waals surface area contributed by atoms with Gasteiger partial charge < -0.3 is 5.32 Å². The van der Waals surface area contributed by atoms with E-state index in [1.807, 2.05) is 31.2 Å². The van der Waals surface area contributed by atoms with Crippen LogP contribution in [-0.4, -0.2) is 34.2 Å². The van der Waals surface area contributed by atoms with E-state index < -0.39 is 5.25 Å². The first-order valence-electron chi connectivity index (χ1n) is 9.43. The number of anilines is 1. The van der Waals surface area contributed by atoms with Crippen molar-refractivity contribution >= 4 is 51.7 Å². The van der Waals surface area contributed by atoms with Crippen LogP contribution in [0.1, 0.15) is 37.3 Å². The fourth-order valence-corrected chi connectivity index (χ4v) is 4.36. The maximum absolute atomic E-state index is 12.6. The number of halogens is 1. The summed E-state index contributed by atoms with van der Waals surface area (Å²) < 4.78 is 0. The molecular weight excluding hydrogens is 406 g/mol. The lowest BCUT2D eigenvalue weighted by Crippen LogP contribution is -2.30. The Morgan fingerprint density at radius 2 is 1.93 bits per heavy atom. The van der Waals surface area contributed by atoms with Crippen LogP contribution < -0.4 is 5.32 Å². The number of hydrogen-bond donors (Lipinski definition) is 1. The Hall–Kier alpha value is -2.31. The minimum absolute atomic E-state index is 0.0845. The lowest BCUT2D eigenvalue weighted by atomic mass is 10.0. The van der Waals surface area contributed by atoms with E-state index in [-0.39, 0.29) is 18.2 Å². The summed E-state index contributed by atoms with van der Waals surface area (Å²) in [5, 5.41) is 3.60. The van der Waals surface area contributed by atoms with Crippen molar-refractivity contribution in [2.75, 3.05) is 12.4 Å². The van der Waals surface area contributed by atoms with Gasteiger partial charge in [-0.3, -0.25) is 14.5 Å². The molecule has 1 saturated heterocycles. The smallest absolute Gasteiger partial charge is 0.242 e. The van der Waals surface area contributed by atoms with E-state index >= 15 is 0 Å². The lowest BCUT2D eigenvalue weighted by molar-refractivity contribution is -0.127. The molecule has 7 heteroatoms. The average Bonchev–Trinajstić information content (AvgIpc) is 2.92. The Labute approximate surface area is 180 Å². The van der Waals surface area contributed by atoms with Gasteiger partial charge in [-0.15, -0.1) is 0 Å². The molecule has 2 aromatic rings. The molecule has 0 aliphatic carbocycles. The van der Waals surface area contributed by atoms with Crippen LogP contribution >= 0.6 is 23.4 Å². The van der Waals surface area contributed by atoms with Crippen LogP contribution in [0.5, 0.6) is 0 Å². The van der Waals surface area contributed by atoms with Gasteiger partial charge in [-0.1, -0.05) is 49.3 Å². The number of amidine groups is 1. The fraction of sp³-hybridized carbons (Fsp3) is 0.318. The van der Waals surface area contributed by atoms with E-state index in [1.54, 1.807) is 25.2 Å². The highest BCUT2D eigenvalue weighted by Gasteiger charge is 2.37. The molecule has 0 unspecified atom stereocenters. The molecule has 1 heterocycles. The second-order valence-electron chi connectivity index (χ2n) is 7.36. The molecule has 1 atom stereocenters. The van der Waals surface area contributed by atoms with Crippen LogP contribution in [0.25, 0.3) is 0 Å². The third-order valence-corrected chi connectivity index (χ3v) is 6.22. The third-order valence-electron chi connectivity index (χ3n) is 4.76. The Kier molecular flexibility index (Phi) is 6.65. The van der Waals surface area contributed by atoms with Gasteiger partial charge in [0, 0.05) is 24.2 Å². The standard InChI is InChI=1S/C22H24ClN3O2S/c1-13(2)15-5-8-17(9-6-15)24-22-26(4)21(28)19(29-22)12-20(27)25-18-10-7-16(23)11-14(18)3/h5-11,13,19H,12H2,1-4H3,(H,25,27)/t19-/m1/s1. The molecule has 0 saturated carbocycles. The molecule has 5 nitrogen and oxygen atoms in total. The van der Waals surface area contributed by atoms with E-state index in [2.05, 4.69) is 24.2 Å². The summed E-state index contributed by atoms with van der Waals surface area (Å²) >= 11 is 7.28. The first kappa shape index (κ1) is 21.4. The highest BCUT2D eigenvalue weighted by molar-refractivity contribution is 8.15. The van der Waals surface area contributed by atoms with Gasteiger partial charge in [-0.25, -0.2) is 4.99 Å². The zero-order valence-electron chi connectivity index (χ0n) is 16.9. The van der Waals surface area contributed by atoms with Crippen molar-refractivity contribution in [2.45, 2.75) is 38.4 Å². The SMILES string of the molecule is Cc1cc(Cl)ccc1NC(=O)C[C@H]1SC(=Nc2ccc(C(C)C)cc2)N(C)C1=O. The number of amides is 2. The van der Waals surface area contributed by atoms with Crippen LogP contribution in [0, 0.1) is 6.92 Å². The normalized spacial score (nSPS) is 18.0. The number of aryl methyl sites for hydroxylation is 1. The largest absolute Gasteiger partial charge is 0.326 e. The zero-order valence-corrected chi connectivity index (χ0v) is 18.5. The number of nitrogens with zero attached hydrogens (tertiary/aromatic N) is 2. The second kappa shape index (κ2) is 9.01. The van der Waals surface area contributed by atoms with Gasteiger partial charge in [0.15, 0.2) is 5.17 Å². The lowest BCUT2D eigenvalue weighted by Gasteiger charge is -2.11. The number of carbonyl (C=O) groups excluding carboxylic acids is 2. The number of nitrogens with one attached hydrogen (secondary N) is 1. The quantitative estimate of drug-likeness (QED) is 0.695. The van der Waals surface area contributed by atoms with Gasteiger partial charge in [0.1, 0.15) is 5.25 Å². The highest BCUT2D eigenvalue weighted by atomic mass is 35.5. The number of rotatable bonds is 5. The highest BCUT2D eigenvalue weighted by Crippen LogP contribution is 2.31. The summed E-state index contributed by atoms with van der Waals surface area (Å²) in [6, 6.07) is 13.3. The molecular formula is C22H24ClN3O2S. The van der Waals surface area contributed by atoms with Crippen molar-refractivity contribution in [3.05, 3.63) is 58.6 Å². The maximum Gasteiger partial charge on any atom is 0.242 e. The first-order valence-corrected chi connectivity index (χ1v) is 10.7. The maximum atomic E-state index is 12.6. The number of hydrogen-bond acceptors (Lipinski definition) is 4. The van der Waals surface area contributed by atoms with Crippen LogP contribution in [0.3, 0.4) is 0 Å². The second-order valence-corrected chi connectivity index (χ2v) is 8.96. The molecule has 1 aliphatic heterocycles. The van der Waals surface area contributed by atoms with Crippen molar-refractivity contribution < 1.29 is 9.59 Å². The summed E-state index contributed by atoms with van der Waals surface area (Å²) in [4.78, 5) is 31.1. The van der Waals surface area contributed by atoms with Crippen molar-refractivity contribution in [1.82, 2.24) is 4.90 Å². The van der Waals surface area contributed by atoms with Gasteiger partial charge in [0.25, 0.3) is 0 Å². The Balaban J connectivity index is 1.67. The first-order chi connectivity index (χ1) is 13.7. The molecule has 0 radical (unpaired) electrons. The van der Waals surface area contributed by atoms with Crippen molar-refractivity contribution in [3.8, 4) is 0 Å². The van der Waals surface area contributed by atoms with E-state index in [4.69, 9.17) is 11.6 Å². The summed E-state index contributed by atoms with van der Waals surface area (Å²) in [5.74, 6) is 0.127. The summed E-state index contributed by atoms with van der Waals surface area (Å²) in [5.41, 5.74) is 3.60. The molecule has 152 valence electrons. The van der Waals surface area contributed by atoms with E-state index in [9.17, 15) is 9.59 Å². The number of benzene rings is 2. The minimum atomic E-state index is -0.485. The van der Waals surface area contributed by atoms with Gasteiger partial charge >= 0.3 is 0 Å². The fourth-order valence-electron chi connectivity index (χ4n) is 2.98. The van der Waals surface area contributed by atoms with Crippen molar-refractivity contribution in [1.29, 1.82) is 0 Å². The summed E-state index contributed by atoms with van der Waals surface area (Å²) in [6.45, 7) is 6.16. The zero-order chi connectivity index (χ0) is 21.1. The molecule has 1 N–H and O–H groups in total. The van der Waals surface area contributed by atoms with Crippen LogP contribution in [0.2, 0.25) is 5.02 Å². The van der Waals surface area contributed by atoms with Gasteiger partial charge in [-0.05, 0) is 54.3 Å². The van der Waals surface area contributed by atoms with Crippen molar-refractivity contribution in [3.63, 3.8) is 0 Å². The van der Waals surface area contributed by atoms with Crippen molar-refractivity contribution in [2.24, 2.45) is 4.99 Å². The molecule has 0 bridgehead atoms. The third kappa shape index (κ3) is 5.19. The molecule has 0 spiro atoms. The topological polar surface area (TPSA) is 61.8 Å². The Bertz CT molecular complexity index is 957. The molecule has 1 fully saturated rings. The molecule has 0 aromatic heterocycles. The molecule has 29 heavy (non-hydrogen) atoms. The number of thioether (sulfide) groups is 1. The predicted molar refractivity (Wildman–Crippen MR) is 121 cm³/mol.